The van der Waals surface area contributed by atoms with Gasteiger partial charge in [0.05, 0.1) is 6.33 Å². The van der Waals surface area contributed by atoms with E-state index >= 15 is 0 Å². The van der Waals surface area contributed by atoms with E-state index in [0.717, 1.165) is 31.7 Å². The zero-order valence-corrected chi connectivity index (χ0v) is 17.5. The van der Waals surface area contributed by atoms with Crippen molar-refractivity contribution in [3.63, 3.8) is 0 Å². The maximum absolute atomic E-state index is 12.4. The molecule has 0 unspecified atom stereocenters. The number of amides is 2. The van der Waals surface area contributed by atoms with Gasteiger partial charge in [-0.15, -0.1) is 0 Å². The smallest absolute Gasteiger partial charge is 0.276 e. The first-order chi connectivity index (χ1) is 15.1. The number of imidazole rings is 1. The number of hydrogen-bond donors (Lipinski definition) is 1. The van der Waals surface area contributed by atoms with Crippen LogP contribution in [-0.4, -0.2) is 75.6 Å². The maximum Gasteiger partial charge on any atom is 0.276 e. The van der Waals surface area contributed by atoms with E-state index in [2.05, 4.69) is 20.4 Å². The predicted molar refractivity (Wildman–Crippen MR) is 114 cm³/mol. The Morgan fingerprint density at radius 2 is 1.90 bits per heavy atom. The second-order valence-corrected chi connectivity index (χ2v) is 7.64. The number of carbonyl (C=O) groups is 2. The second-order valence-electron chi connectivity index (χ2n) is 7.64. The van der Waals surface area contributed by atoms with Crippen molar-refractivity contribution in [2.75, 3.05) is 39.3 Å². The topological polar surface area (TPSA) is 96.5 Å². The molecule has 9 nitrogen and oxygen atoms in total. The summed E-state index contributed by atoms with van der Waals surface area (Å²) in [5, 5.41) is 6.78. The molecule has 1 aliphatic rings. The van der Waals surface area contributed by atoms with Gasteiger partial charge in [0.15, 0.2) is 5.69 Å². The third-order valence-corrected chi connectivity index (χ3v) is 5.36. The lowest BCUT2D eigenvalue weighted by Crippen LogP contribution is -2.50. The second kappa shape index (κ2) is 9.57. The van der Waals surface area contributed by atoms with Crippen LogP contribution in [0.4, 0.5) is 0 Å². The fourth-order valence-corrected chi connectivity index (χ4v) is 3.59. The van der Waals surface area contributed by atoms with E-state index in [1.54, 1.807) is 30.4 Å². The Morgan fingerprint density at radius 1 is 1.13 bits per heavy atom. The number of hydrogen-bond acceptors (Lipinski definition) is 6. The summed E-state index contributed by atoms with van der Waals surface area (Å²) < 4.78 is 6.97. The number of nitrogens with one attached hydrogen (secondary N) is 1. The summed E-state index contributed by atoms with van der Waals surface area (Å²) in [5.74, 6) is 0.455. The lowest BCUT2D eigenvalue weighted by molar-refractivity contribution is 0.0628. The number of carbonyl (C=O) groups excluding carboxylic acids is 2. The molecule has 0 atom stereocenters. The number of aromatic nitrogens is 3. The first kappa shape index (κ1) is 20.8. The largest absolute Gasteiger partial charge is 0.361 e. The SMILES string of the molecule is Cc1cc(C(=O)N2CCN(CCNC(=O)c3ccc(Cn4ccnc4)cc3)CC2)no1. The first-order valence-corrected chi connectivity index (χ1v) is 10.4. The van der Waals surface area contributed by atoms with Gasteiger partial charge in [-0.2, -0.15) is 0 Å². The van der Waals surface area contributed by atoms with Crippen molar-refractivity contribution >= 4 is 11.8 Å². The van der Waals surface area contributed by atoms with Crippen molar-refractivity contribution in [1.82, 2.24) is 29.8 Å². The molecule has 1 aromatic carbocycles. The summed E-state index contributed by atoms with van der Waals surface area (Å²) in [6.07, 6.45) is 5.42. The van der Waals surface area contributed by atoms with Gasteiger partial charge in [-0.1, -0.05) is 17.3 Å². The Labute approximate surface area is 180 Å². The highest BCUT2D eigenvalue weighted by Crippen LogP contribution is 2.10. The average molecular weight is 422 g/mol. The Hall–Kier alpha value is -3.46. The van der Waals surface area contributed by atoms with E-state index in [-0.39, 0.29) is 11.8 Å². The van der Waals surface area contributed by atoms with Gasteiger partial charge in [-0.25, -0.2) is 4.98 Å². The molecule has 2 amide bonds. The van der Waals surface area contributed by atoms with Gasteiger partial charge in [0.25, 0.3) is 11.8 Å². The average Bonchev–Trinajstić information content (AvgIpc) is 3.46. The summed E-state index contributed by atoms with van der Waals surface area (Å²) in [5.41, 5.74) is 2.12. The van der Waals surface area contributed by atoms with Crippen molar-refractivity contribution in [3.05, 3.63) is 71.6 Å². The summed E-state index contributed by atoms with van der Waals surface area (Å²) in [6, 6.07) is 9.27. The Bertz CT molecular complexity index is 1000. The van der Waals surface area contributed by atoms with E-state index in [0.29, 0.717) is 36.7 Å². The fraction of sp³-hybridized carbons (Fsp3) is 0.364. The van der Waals surface area contributed by atoms with Gasteiger partial charge in [-0.3, -0.25) is 14.5 Å². The van der Waals surface area contributed by atoms with Crippen LogP contribution in [0, 0.1) is 6.92 Å². The minimum Gasteiger partial charge on any atom is -0.361 e. The van der Waals surface area contributed by atoms with Crippen molar-refractivity contribution < 1.29 is 14.1 Å². The lowest BCUT2D eigenvalue weighted by Gasteiger charge is -2.34. The molecular weight excluding hydrogens is 396 g/mol. The molecule has 1 fully saturated rings. The van der Waals surface area contributed by atoms with Crippen LogP contribution in [0.5, 0.6) is 0 Å². The fourth-order valence-electron chi connectivity index (χ4n) is 3.59. The van der Waals surface area contributed by atoms with Crippen LogP contribution < -0.4 is 5.32 Å². The molecule has 0 radical (unpaired) electrons. The van der Waals surface area contributed by atoms with Crippen molar-refractivity contribution in [2.24, 2.45) is 0 Å². The molecule has 1 saturated heterocycles. The molecule has 3 heterocycles. The monoisotopic (exact) mass is 422 g/mol. The number of aryl methyl sites for hydroxylation is 1. The van der Waals surface area contributed by atoms with Gasteiger partial charge in [-0.05, 0) is 24.6 Å². The maximum atomic E-state index is 12.4. The van der Waals surface area contributed by atoms with Crippen LogP contribution in [0.2, 0.25) is 0 Å². The van der Waals surface area contributed by atoms with Crippen LogP contribution in [0.25, 0.3) is 0 Å². The molecule has 9 heteroatoms. The summed E-state index contributed by atoms with van der Waals surface area (Å²) in [7, 11) is 0. The molecule has 1 N–H and O–H groups in total. The van der Waals surface area contributed by atoms with Gasteiger partial charge < -0.3 is 19.3 Å². The Balaban J connectivity index is 1.17. The molecule has 3 aromatic rings. The van der Waals surface area contributed by atoms with Crippen LogP contribution in [0.1, 0.15) is 32.2 Å². The van der Waals surface area contributed by atoms with Crippen LogP contribution in [0.3, 0.4) is 0 Å². The van der Waals surface area contributed by atoms with Crippen molar-refractivity contribution in [3.8, 4) is 0 Å². The highest BCUT2D eigenvalue weighted by atomic mass is 16.5. The molecule has 4 rings (SSSR count). The number of piperazine rings is 1. The number of nitrogens with zero attached hydrogens (tertiary/aromatic N) is 5. The third-order valence-electron chi connectivity index (χ3n) is 5.36. The van der Waals surface area contributed by atoms with Gasteiger partial charge in [0.2, 0.25) is 0 Å². The minimum absolute atomic E-state index is 0.0793. The third kappa shape index (κ3) is 5.37. The summed E-state index contributed by atoms with van der Waals surface area (Å²) in [4.78, 5) is 32.9. The van der Waals surface area contributed by atoms with E-state index in [9.17, 15) is 9.59 Å². The molecule has 2 aromatic heterocycles. The molecule has 162 valence electrons. The van der Waals surface area contributed by atoms with Crippen LogP contribution in [0.15, 0.2) is 53.6 Å². The molecule has 0 spiro atoms. The van der Waals surface area contributed by atoms with Gasteiger partial charge in [0.1, 0.15) is 5.76 Å². The Morgan fingerprint density at radius 3 is 2.55 bits per heavy atom. The number of rotatable bonds is 7. The molecule has 1 aliphatic heterocycles. The van der Waals surface area contributed by atoms with E-state index in [1.807, 2.05) is 35.0 Å². The zero-order chi connectivity index (χ0) is 21.6. The van der Waals surface area contributed by atoms with E-state index < -0.39 is 0 Å². The predicted octanol–water partition coefficient (Wildman–Crippen LogP) is 1.42. The van der Waals surface area contributed by atoms with Crippen LogP contribution >= 0.6 is 0 Å². The molecular formula is C22H26N6O3. The normalized spacial score (nSPS) is 14.5. The molecule has 0 aliphatic carbocycles. The highest BCUT2D eigenvalue weighted by molar-refractivity contribution is 5.94. The summed E-state index contributed by atoms with van der Waals surface area (Å²) >= 11 is 0. The van der Waals surface area contributed by atoms with Crippen molar-refractivity contribution in [2.45, 2.75) is 13.5 Å². The summed E-state index contributed by atoms with van der Waals surface area (Å²) in [6.45, 7) is 6.61. The van der Waals surface area contributed by atoms with E-state index in [1.165, 1.54) is 0 Å². The van der Waals surface area contributed by atoms with Crippen LogP contribution in [-0.2, 0) is 6.54 Å². The first-order valence-electron chi connectivity index (χ1n) is 10.4. The zero-order valence-electron chi connectivity index (χ0n) is 17.5. The lowest BCUT2D eigenvalue weighted by atomic mass is 10.1. The number of benzene rings is 1. The quantitative estimate of drug-likeness (QED) is 0.619. The van der Waals surface area contributed by atoms with E-state index in [4.69, 9.17) is 4.52 Å². The Kier molecular flexibility index (Phi) is 6.42. The molecule has 0 saturated carbocycles. The molecule has 0 bridgehead atoms. The minimum atomic E-state index is -0.0960. The molecule has 31 heavy (non-hydrogen) atoms. The standard InChI is InChI=1S/C22H26N6O3/c1-17-14-20(25-31-17)22(30)28-12-10-26(11-13-28)9-7-24-21(29)19-4-2-18(3-5-19)15-27-8-6-23-16-27/h2-6,8,14,16H,7,9-13,15H2,1H3,(H,24,29). The van der Waals surface area contributed by atoms with Crippen molar-refractivity contribution in [1.29, 1.82) is 0 Å². The highest BCUT2D eigenvalue weighted by Gasteiger charge is 2.24. The van der Waals surface area contributed by atoms with Gasteiger partial charge >= 0.3 is 0 Å². The van der Waals surface area contributed by atoms with Gasteiger partial charge in [0, 0.05) is 69.8 Å².